The first-order chi connectivity index (χ1) is 16.2. The van der Waals surface area contributed by atoms with Crippen LogP contribution in [-0.2, 0) is 12.0 Å². The van der Waals surface area contributed by atoms with Crippen molar-refractivity contribution in [2.75, 3.05) is 13.1 Å². The van der Waals surface area contributed by atoms with Crippen molar-refractivity contribution in [3.05, 3.63) is 58.8 Å². The number of nitrogens with zero attached hydrogens (tertiary/aromatic N) is 5. The molecule has 34 heavy (non-hydrogen) atoms. The summed E-state index contributed by atoms with van der Waals surface area (Å²) in [6, 6.07) is 5.50. The van der Waals surface area contributed by atoms with Crippen LogP contribution in [0, 0.1) is 17.0 Å². The van der Waals surface area contributed by atoms with Gasteiger partial charge in [-0.1, -0.05) is 19.9 Å². The predicted molar refractivity (Wildman–Crippen MR) is 119 cm³/mol. The van der Waals surface area contributed by atoms with Crippen molar-refractivity contribution in [3.63, 3.8) is 0 Å². The van der Waals surface area contributed by atoms with Gasteiger partial charge in [-0.05, 0) is 54.9 Å². The first kappa shape index (κ1) is 22.5. The van der Waals surface area contributed by atoms with Gasteiger partial charge in [-0.3, -0.25) is 9.89 Å². The number of amides is 1. The third-order valence-corrected chi connectivity index (χ3v) is 7.84. The number of nitrogens with one attached hydrogen (secondary N) is 1. The van der Waals surface area contributed by atoms with Crippen LogP contribution < -0.4 is 0 Å². The second-order valence-electron chi connectivity index (χ2n) is 9.61. The molecule has 2 bridgehead atoms. The summed E-state index contributed by atoms with van der Waals surface area (Å²) in [6.45, 7) is 6.70. The highest BCUT2D eigenvalue weighted by molar-refractivity contribution is 5.90. The molecule has 0 radical (unpaired) electrons. The Morgan fingerprint density at radius 1 is 1.26 bits per heavy atom. The highest BCUT2D eigenvalue weighted by atomic mass is 19.1. The van der Waals surface area contributed by atoms with Crippen LogP contribution in [0.15, 0.2) is 24.3 Å². The molecule has 0 unspecified atom stereocenters. The number of aliphatic hydroxyl groups excluding tert-OH is 1. The molecule has 1 saturated carbocycles. The van der Waals surface area contributed by atoms with Gasteiger partial charge in [0.2, 0.25) is 5.82 Å². The van der Waals surface area contributed by atoms with E-state index in [1.165, 1.54) is 18.2 Å². The lowest BCUT2D eigenvalue weighted by molar-refractivity contribution is 0.0641. The maximum absolute atomic E-state index is 14.4. The van der Waals surface area contributed by atoms with Crippen LogP contribution in [0.4, 0.5) is 8.78 Å². The number of H-pyrrole nitrogens is 1. The van der Waals surface area contributed by atoms with Crippen molar-refractivity contribution < 1.29 is 18.7 Å². The number of carbonyl (C=O) groups excluding carboxylic acids is 1. The van der Waals surface area contributed by atoms with Gasteiger partial charge in [-0.25, -0.2) is 13.8 Å². The van der Waals surface area contributed by atoms with Gasteiger partial charge in [0.05, 0.1) is 17.0 Å². The molecule has 0 saturated heterocycles. The fourth-order valence-corrected chi connectivity index (χ4v) is 5.90. The van der Waals surface area contributed by atoms with E-state index in [1.807, 2.05) is 6.92 Å². The molecule has 2 heterocycles. The Morgan fingerprint density at radius 3 is 2.65 bits per heavy atom. The van der Waals surface area contributed by atoms with E-state index in [9.17, 15) is 18.7 Å². The molecule has 5 rings (SSSR count). The van der Waals surface area contributed by atoms with Gasteiger partial charge in [0.1, 0.15) is 18.2 Å². The molecule has 2 aromatic heterocycles. The summed E-state index contributed by atoms with van der Waals surface area (Å²) in [4.78, 5) is 18.9. The maximum Gasteiger partial charge on any atom is 0.293 e. The number of hydrogen-bond donors (Lipinski definition) is 2. The number of benzene rings is 1. The summed E-state index contributed by atoms with van der Waals surface area (Å²) in [5.74, 6) is -1.33. The van der Waals surface area contributed by atoms with E-state index in [0.29, 0.717) is 13.1 Å². The minimum atomic E-state index is -0.678. The summed E-state index contributed by atoms with van der Waals surface area (Å²) in [7, 11) is 0. The van der Waals surface area contributed by atoms with Gasteiger partial charge in [0.25, 0.3) is 5.91 Å². The summed E-state index contributed by atoms with van der Waals surface area (Å²) in [6.07, 6.45) is 1.70. The summed E-state index contributed by atoms with van der Waals surface area (Å²) < 4.78 is 28.8. The standard InChI is InChI=1S/C24H26F2N6O2/c1-4-32(22(34)21-27-18(11-33)29-31-21)12-24-9-8-14(23(24,2)3)13-10-17(28-30-20(13)24)19-15(25)6-5-7-16(19)26/h5-7,10,14,33H,4,8-9,11-12H2,1-3H3,(H,27,29,31)/t14-,24-/m0/s1. The van der Waals surface area contributed by atoms with Crippen molar-refractivity contribution in [1.82, 2.24) is 30.3 Å². The third kappa shape index (κ3) is 3.08. The Balaban J connectivity index is 1.54. The van der Waals surface area contributed by atoms with Crippen LogP contribution in [0.5, 0.6) is 0 Å². The number of aromatic nitrogens is 5. The number of halogens is 2. The second kappa shape index (κ2) is 7.90. The molecule has 3 aromatic rings. The van der Waals surface area contributed by atoms with Crippen LogP contribution >= 0.6 is 0 Å². The van der Waals surface area contributed by atoms with E-state index < -0.39 is 17.0 Å². The Bertz CT molecular complexity index is 1260. The minimum Gasteiger partial charge on any atom is -0.388 e. The van der Waals surface area contributed by atoms with E-state index in [4.69, 9.17) is 0 Å². The predicted octanol–water partition coefficient (Wildman–Crippen LogP) is 3.35. The lowest BCUT2D eigenvalue weighted by atomic mass is 9.68. The molecule has 0 aliphatic heterocycles. The first-order valence-electron chi connectivity index (χ1n) is 11.4. The van der Waals surface area contributed by atoms with E-state index in [2.05, 4.69) is 39.2 Å². The Hall–Kier alpha value is -3.27. The van der Waals surface area contributed by atoms with Gasteiger partial charge in [0.15, 0.2) is 5.82 Å². The third-order valence-electron chi connectivity index (χ3n) is 7.84. The normalized spacial score (nSPS) is 22.1. The lowest BCUT2D eigenvalue weighted by Gasteiger charge is -2.41. The zero-order valence-corrected chi connectivity index (χ0v) is 19.3. The van der Waals surface area contributed by atoms with Crippen molar-refractivity contribution >= 4 is 5.91 Å². The second-order valence-corrected chi connectivity index (χ2v) is 9.61. The molecule has 2 N–H and O–H groups in total. The summed E-state index contributed by atoms with van der Waals surface area (Å²) >= 11 is 0. The van der Waals surface area contributed by atoms with Crippen LogP contribution in [0.3, 0.4) is 0 Å². The van der Waals surface area contributed by atoms with Crippen LogP contribution in [0.25, 0.3) is 11.3 Å². The number of carbonyl (C=O) groups is 1. The minimum absolute atomic E-state index is 0.00401. The molecule has 0 spiro atoms. The summed E-state index contributed by atoms with van der Waals surface area (Å²) in [5.41, 5.74) is 1.00. The van der Waals surface area contributed by atoms with Crippen LogP contribution in [-0.4, -0.2) is 54.4 Å². The zero-order valence-electron chi connectivity index (χ0n) is 19.3. The maximum atomic E-state index is 14.4. The quantitative estimate of drug-likeness (QED) is 0.575. The van der Waals surface area contributed by atoms with E-state index in [-0.39, 0.29) is 46.8 Å². The molecule has 1 aromatic carbocycles. The number of likely N-dealkylation sites (N-methyl/N-ethyl adjacent to an activating group) is 1. The van der Waals surface area contributed by atoms with Crippen molar-refractivity contribution in [2.45, 2.75) is 51.6 Å². The molecule has 8 nitrogen and oxygen atoms in total. The SMILES string of the molecule is CCN(C[C@@]12CC[C@@H](c3cc(-c4c(F)cccc4F)nnc31)C2(C)C)C(=O)c1n[nH]c(CO)n1. The van der Waals surface area contributed by atoms with Gasteiger partial charge < -0.3 is 10.0 Å². The molecule has 1 amide bonds. The Kier molecular flexibility index (Phi) is 5.23. The molecular formula is C24H26F2N6O2. The average Bonchev–Trinajstić information content (AvgIpc) is 3.44. The van der Waals surface area contributed by atoms with Crippen molar-refractivity contribution in [2.24, 2.45) is 5.41 Å². The largest absolute Gasteiger partial charge is 0.388 e. The monoisotopic (exact) mass is 468 g/mol. The fourth-order valence-electron chi connectivity index (χ4n) is 5.90. The Morgan fingerprint density at radius 2 is 2.00 bits per heavy atom. The van der Waals surface area contributed by atoms with E-state index in [1.54, 1.807) is 11.0 Å². The van der Waals surface area contributed by atoms with Gasteiger partial charge >= 0.3 is 0 Å². The number of aliphatic hydroxyl groups is 1. The highest BCUT2D eigenvalue weighted by Crippen LogP contribution is 2.67. The van der Waals surface area contributed by atoms with Crippen LogP contribution in [0.2, 0.25) is 0 Å². The zero-order chi connectivity index (χ0) is 24.3. The number of rotatable bonds is 6. The number of hydrogen-bond acceptors (Lipinski definition) is 6. The van der Waals surface area contributed by atoms with Gasteiger partial charge in [0, 0.05) is 18.5 Å². The molecule has 2 aliphatic carbocycles. The highest BCUT2D eigenvalue weighted by Gasteiger charge is 2.64. The molecule has 2 atom stereocenters. The average molecular weight is 469 g/mol. The van der Waals surface area contributed by atoms with Gasteiger partial charge in [-0.15, -0.1) is 5.10 Å². The molecule has 2 aliphatic rings. The smallest absolute Gasteiger partial charge is 0.293 e. The molecular weight excluding hydrogens is 442 g/mol. The molecule has 178 valence electrons. The van der Waals surface area contributed by atoms with Crippen molar-refractivity contribution in [3.8, 4) is 11.3 Å². The Labute approximate surface area is 195 Å². The van der Waals surface area contributed by atoms with Crippen molar-refractivity contribution in [1.29, 1.82) is 0 Å². The summed E-state index contributed by atoms with van der Waals surface area (Å²) in [5, 5.41) is 24.5. The number of aromatic amines is 1. The fraction of sp³-hybridized carbons (Fsp3) is 0.458. The van der Waals surface area contributed by atoms with Crippen LogP contribution in [0.1, 0.15) is 67.2 Å². The van der Waals surface area contributed by atoms with E-state index >= 15 is 0 Å². The number of fused-ring (bicyclic) bond motifs is 5. The molecule has 1 fully saturated rings. The van der Waals surface area contributed by atoms with Gasteiger partial charge in [-0.2, -0.15) is 10.2 Å². The first-order valence-corrected chi connectivity index (χ1v) is 11.4. The lowest BCUT2D eigenvalue weighted by Crippen LogP contribution is -2.48. The van der Waals surface area contributed by atoms with E-state index in [0.717, 1.165) is 24.1 Å². The topological polar surface area (TPSA) is 108 Å². The molecule has 10 heteroatoms.